The maximum absolute atomic E-state index is 12.2. The van der Waals surface area contributed by atoms with E-state index < -0.39 is 29.9 Å². The number of carboxylic acid groups (broad SMARTS) is 1. The number of hydrogen-bond donors (Lipinski definition) is 3. The first-order chi connectivity index (χ1) is 11.4. The molecule has 0 unspecified atom stereocenters. The van der Waals surface area contributed by atoms with Crippen molar-refractivity contribution >= 4 is 17.8 Å². The van der Waals surface area contributed by atoms with Crippen molar-refractivity contribution in [3.8, 4) is 0 Å². The van der Waals surface area contributed by atoms with Crippen molar-refractivity contribution in [1.82, 2.24) is 5.32 Å². The van der Waals surface area contributed by atoms with Crippen LogP contribution in [0, 0.1) is 0 Å². The molecule has 1 aromatic carbocycles. The highest BCUT2D eigenvalue weighted by Gasteiger charge is 2.25. The number of aliphatic carboxylic acids is 1. The maximum atomic E-state index is 12.2. The number of carbonyl (C=O) groups is 3. The molecular weight excluding hydrogens is 312 g/mol. The van der Waals surface area contributed by atoms with Gasteiger partial charge in [-0.1, -0.05) is 37.3 Å². The van der Waals surface area contributed by atoms with Crippen LogP contribution in [-0.4, -0.2) is 41.6 Å². The van der Waals surface area contributed by atoms with Crippen LogP contribution in [0.15, 0.2) is 30.3 Å². The minimum atomic E-state index is -1.03. The summed E-state index contributed by atoms with van der Waals surface area (Å²) >= 11 is 0. The lowest BCUT2D eigenvalue weighted by atomic mass is 10.0. The zero-order chi connectivity index (χ0) is 17.9. The van der Waals surface area contributed by atoms with Crippen LogP contribution in [0.1, 0.15) is 31.7 Å². The van der Waals surface area contributed by atoms with Gasteiger partial charge in [-0.25, -0.2) is 4.79 Å². The summed E-state index contributed by atoms with van der Waals surface area (Å²) < 4.78 is 5.12. The molecule has 0 saturated heterocycles. The highest BCUT2D eigenvalue weighted by molar-refractivity contribution is 5.87. The summed E-state index contributed by atoms with van der Waals surface area (Å²) in [4.78, 5) is 34.8. The average molecular weight is 336 g/mol. The Bertz CT molecular complexity index is 547. The Morgan fingerprint density at radius 2 is 1.92 bits per heavy atom. The van der Waals surface area contributed by atoms with Crippen molar-refractivity contribution in [2.24, 2.45) is 5.73 Å². The molecule has 24 heavy (non-hydrogen) atoms. The summed E-state index contributed by atoms with van der Waals surface area (Å²) in [5.41, 5.74) is 6.55. The van der Waals surface area contributed by atoms with Gasteiger partial charge in [0.25, 0.3) is 0 Å². The first kappa shape index (κ1) is 19.6. The van der Waals surface area contributed by atoms with Crippen molar-refractivity contribution in [3.05, 3.63) is 35.9 Å². The Hall–Kier alpha value is -2.41. The van der Waals surface area contributed by atoms with Crippen molar-refractivity contribution in [1.29, 1.82) is 0 Å². The monoisotopic (exact) mass is 336 g/mol. The predicted molar refractivity (Wildman–Crippen MR) is 88.2 cm³/mol. The third kappa shape index (κ3) is 7.23. The van der Waals surface area contributed by atoms with Gasteiger partial charge in [-0.05, 0) is 18.4 Å². The van der Waals surface area contributed by atoms with Gasteiger partial charge in [0.15, 0.2) is 0 Å². The molecule has 1 aromatic rings. The molecule has 7 nitrogen and oxygen atoms in total. The normalized spacial score (nSPS) is 12.9. The number of hydrogen-bond acceptors (Lipinski definition) is 5. The number of ether oxygens (including phenoxy) is 1. The zero-order valence-corrected chi connectivity index (χ0v) is 13.7. The molecule has 0 bridgehead atoms. The van der Waals surface area contributed by atoms with E-state index in [-0.39, 0.29) is 25.9 Å². The van der Waals surface area contributed by atoms with E-state index in [0.29, 0.717) is 6.42 Å². The largest absolute Gasteiger partial charge is 0.481 e. The van der Waals surface area contributed by atoms with E-state index in [1.165, 1.54) is 0 Å². The quantitative estimate of drug-likeness (QED) is 0.545. The van der Waals surface area contributed by atoms with Gasteiger partial charge in [0.2, 0.25) is 5.91 Å². The molecule has 0 spiro atoms. The van der Waals surface area contributed by atoms with Crippen LogP contribution >= 0.6 is 0 Å². The summed E-state index contributed by atoms with van der Waals surface area (Å²) in [6.07, 6.45) is 0.748. The SMILES string of the molecule is CCCOC(=O)[C@H](Cc1ccccc1)NC(=O)[C@@H](N)CCC(=O)O. The van der Waals surface area contributed by atoms with E-state index in [4.69, 9.17) is 15.6 Å². The van der Waals surface area contributed by atoms with Crippen LogP contribution in [0.2, 0.25) is 0 Å². The fourth-order valence-corrected chi connectivity index (χ4v) is 2.04. The van der Waals surface area contributed by atoms with E-state index in [1.807, 2.05) is 37.3 Å². The molecule has 1 amide bonds. The lowest BCUT2D eigenvalue weighted by Gasteiger charge is -2.20. The summed E-state index contributed by atoms with van der Waals surface area (Å²) in [6, 6.07) is 7.37. The summed E-state index contributed by atoms with van der Waals surface area (Å²) in [7, 11) is 0. The zero-order valence-electron chi connectivity index (χ0n) is 13.7. The topological polar surface area (TPSA) is 119 Å². The minimum Gasteiger partial charge on any atom is -0.481 e. The molecule has 0 aliphatic carbocycles. The van der Waals surface area contributed by atoms with Gasteiger partial charge >= 0.3 is 11.9 Å². The Kier molecular flexibility index (Phi) is 8.49. The highest BCUT2D eigenvalue weighted by Crippen LogP contribution is 2.06. The molecule has 4 N–H and O–H groups in total. The second-order valence-corrected chi connectivity index (χ2v) is 5.46. The van der Waals surface area contributed by atoms with Gasteiger partial charge in [0.1, 0.15) is 6.04 Å². The number of carboxylic acids is 1. The highest BCUT2D eigenvalue weighted by atomic mass is 16.5. The second kappa shape index (κ2) is 10.4. The van der Waals surface area contributed by atoms with Gasteiger partial charge in [0, 0.05) is 12.8 Å². The first-order valence-corrected chi connectivity index (χ1v) is 7.92. The van der Waals surface area contributed by atoms with Crippen LogP contribution in [0.4, 0.5) is 0 Å². The van der Waals surface area contributed by atoms with Gasteiger partial charge in [-0.2, -0.15) is 0 Å². The molecule has 2 atom stereocenters. The van der Waals surface area contributed by atoms with E-state index in [1.54, 1.807) is 0 Å². The van der Waals surface area contributed by atoms with Crippen molar-refractivity contribution < 1.29 is 24.2 Å². The molecule has 0 radical (unpaired) electrons. The Labute approximate surface area is 141 Å². The van der Waals surface area contributed by atoms with Gasteiger partial charge in [-0.15, -0.1) is 0 Å². The molecule has 7 heteroatoms. The molecular formula is C17H24N2O5. The molecule has 0 saturated carbocycles. The third-order valence-corrected chi connectivity index (χ3v) is 3.34. The van der Waals surface area contributed by atoms with Crippen LogP contribution in [-0.2, 0) is 25.5 Å². The standard InChI is InChI=1S/C17H24N2O5/c1-2-10-24-17(23)14(11-12-6-4-3-5-7-12)19-16(22)13(18)8-9-15(20)21/h3-7,13-14H,2,8-11,18H2,1H3,(H,19,22)(H,20,21)/t13-,14-/m0/s1. The number of amides is 1. The van der Waals surface area contributed by atoms with Crippen molar-refractivity contribution in [2.45, 2.75) is 44.7 Å². The summed E-state index contributed by atoms with van der Waals surface area (Å²) in [6.45, 7) is 2.14. The lowest BCUT2D eigenvalue weighted by molar-refractivity contribution is -0.148. The molecule has 0 fully saturated rings. The van der Waals surface area contributed by atoms with Crippen LogP contribution < -0.4 is 11.1 Å². The fraction of sp³-hybridized carbons (Fsp3) is 0.471. The van der Waals surface area contributed by atoms with Crippen LogP contribution in [0.5, 0.6) is 0 Å². The average Bonchev–Trinajstić information content (AvgIpc) is 2.57. The number of rotatable bonds is 10. The number of nitrogens with one attached hydrogen (secondary N) is 1. The molecule has 1 rings (SSSR count). The fourth-order valence-electron chi connectivity index (χ4n) is 2.04. The number of nitrogens with two attached hydrogens (primary N) is 1. The van der Waals surface area contributed by atoms with E-state index in [2.05, 4.69) is 5.32 Å². The Morgan fingerprint density at radius 3 is 2.50 bits per heavy atom. The summed E-state index contributed by atoms with van der Waals surface area (Å²) in [5, 5.41) is 11.2. The molecule has 0 heterocycles. The Morgan fingerprint density at radius 1 is 1.25 bits per heavy atom. The van der Waals surface area contributed by atoms with Gasteiger partial charge < -0.3 is 20.9 Å². The number of benzene rings is 1. The smallest absolute Gasteiger partial charge is 0.328 e. The molecule has 0 aromatic heterocycles. The maximum Gasteiger partial charge on any atom is 0.328 e. The summed E-state index contributed by atoms with van der Waals surface area (Å²) in [5.74, 6) is -2.12. The van der Waals surface area contributed by atoms with Crippen LogP contribution in [0.25, 0.3) is 0 Å². The predicted octanol–water partition coefficient (Wildman–Crippen LogP) is 0.859. The molecule has 132 valence electrons. The molecule has 0 aliphatic heterocycles. The van der Waals surface area contributed by atoms with E-state index in [9.17, 15) is 14.4 Å². The number of carbonyl (C=O) groups excluding carboxylic acids is 2. The van der Waals surface area contributed by atoms with Crippen molar-refractivity contribution in [3.63, 3.8) is 0 Å². The van der Waals surface area contributed by atoms with E-state index in [0.717, 1.165) is 5.56 Å². The number of esters is 1. The van der Waals surface area contributed by atoms with E-state index >= 15 is 0 Å². The van der Waals surface area contributed by atoms with Gasteiger partial charge in [-0.3, -0.25) is 9.59 Å². The second-order valence-electron chi connectivity index (χ2n) is 5.46. The van der Waals surface area contributed by atoms with Crippen LogP contribution in [0.3, 0.4) is 0 Å². The van der Waals surface area contributed by atoms with Crippen molar-refractivity contribution in [2.75, 3.05) is 6.61 Å². The minimum absolute atomic E-state index is 0.00321. The molecule has 0 aliphatic rings. The third-order valence-electron chi connectivity index (χ3n) is 3.34. The lowest BCUT2D eigenvalue weighted by Crippen LogP contribution is -2.50. The Balaban J connectivity index is 2.71. The van der Waals surface area contributed by atoms with Gasteiger partial charge in [0.05, 0.1) is 12.6 Å². The first-order valence-electron chi connectivity index (χ1n) is 7.92.